The predicted octanol–water partition coefficient (Wildman–Crippen LogP) is 2.22. The zero-order chi connectivity index (χ0) is 11.5. The summed E-state index contributed by atoms with van der Waals surface area (Å²) in [5.41, 5.74) is 0.744. The van der Waals surface area contributed by atoms with E-state index in [0.717, 1.165) is 31.9 Å². The van der Waals surface area contributed by atoms with Gasteiger partial charge in [0, 0.05) is 11.6 Å². The van der Waals surface area contributed by atoms with Crippen molar-refractivity contribution in [2.75, 3.05) is 6.54 Å². The highest BCUT2D eigenvalue weighted by Crippen LogP contribution is 2.32. The van der Waals surface area contributed by atoms with Gasteiger partial charge in [-0.1, -0.05) is 6.42 Å². The topological polar surface area (TPSA) is 56.0 Å². The Morgan fingerprint density at radius 2 is 2.25 bits per heavy atom. The van der Waals surface area contributed by atoms with Crippen LogP contribution in [0.25, 0.3) is 0 Å². The van der Waals surface area contributed by atoms with Crippen LogP contribution in [0.3, 0.4) is 0 Å². The van der Waals surface area contributed by atoms with E-state index in [1.165, 1.54) is 0 Å². The molecule has 0 saturated carbocycles. The smallest absolute Gasteiger partial charge is 0.166 e. The second-order valence-electron chi connectivity index (χ2n) is 4.01. The minimum absolute atomic E-state index is 0.0449. The van der Waals surface area contributed by atoms with E-state index in [4.69, 9.17) is 5.26 Å². The Labute approximate surface area is 93.5 Å². The number of phenols is 1. The van der Waals surface area contributed by atoms with Crippen molar-refractivity contribution in [2.24, 2.45) is 0 Å². The van der Waals surface area contributed by atoms with E-state index in [9.17, 15) is 9.50 Å². The van der Waals surface area contributed by atoms with Gasteiger partial charge >= 0.3 is 0 Å². The molecular formula is C12H13FN2O. The van der Waals surface area contributed by atoms with Gasteiger partial charge in [-0.15, -0.1) is 0 Å². The summed E-state index contributed by atoms with van der Waals surface area (Å²) in [5.74, 6) is -1.06. The van der Waals surface area contributed by atoms with Crippen molar-refractivity contribution >= 4 is 0 Å². The van der Waals surface area contributed by atoms with Crippen molar-refractivity contribution in [3.63, 3.8) is 0 Å². The van der Waals surface area contributed by atoms with E-state index in [1.807, 2.05) is 6.07 Å². The molecule has 0 amide bonds. The van der Waals surface area contributed by atoms with Crippen LogP contribution in [-0.4, -0.2) is 11.7 Å². The molecular weight excluding hydrogens is 207 g/mol. The van der Waals surface area contributed by atoms with Crippen molar-refractivity contribution < 1.29 is 9.50 Å². The Morgan fingerprint density at radius 3 is 2.88 bits per heavy atom. The minimum atomic E-state index is -0.721. The lowest BCUT2D eigenvalue weighted by Gasteiger charge is -2.24. The number of nitrogens with one attached hydrogen (secondary N) is 1. The number of aromatic hydroxyl groups is 1. The quantitative estimate of drug-likeness (QED) is 0.763. The van der Waals surface area contributed by atoms with E-state index < -0.39 is 5.82 Å². The molecule has 1 heterocycles. The van der Waals surface area contributed by atoms with Crippen molar-refractivity contribution in [2.45, 2.75) is 25.3 Å². The number of nitriles is 1. The number of benzene rings is 1. The molecule has 1 aromatic rings. The van der Waals surface area contributed by atoms with Gasteiger partial charge in [0.2, 0.25) is 0 Å². The largest absolute Gasteiger partial charge is 0.505 e. The molecule has 1 saturated heterocycles. The van der Waals surface area contributed by atoms with Crippen LogP contribution >= 0.6 is 0 Å². The number of piperidine rings is 1. The Morgan fingerprint density at radius 1 is 1.44 bits per heavy atom. The Bertz CT molecular complexity index is 433. The summed E-state index contributed by atoms with van der Waals surface area (Å²) >= 11 is 0. The van der Waals surface area contributed by atoms with Crippen LogP contribution in [0, 0.1) is 17.1 Å². The van der Waals surface area contributed by atoms with Gasteiger partial charge in [0.25, 0.3) is 0 Å². The average molecular weight is 220 g/mol. The molecule has 1 atom stereocenters. The molecule has 0 unspecified atom stereocenters. The Balaban J connectivity index is 2.38. The maximum absolute atomic E-state index is 13.4. The molecule has 0 bridgehead atoms. The van der Waals surface area contributed by atoms with E-state index in [2.05, 4.69) is 5.32 Å². The monoisotopic (exact) mass is 220 g/mol. The maximum Gasteiger partial charge on any atom is 0.166 e. The highest BCUT2D eigenvalue weighted by molar-refractivity contribution is 5.44. The van der Waals surface area contributed by atoms with Crippen molar-refractivity contribution in [1.82, 2.24) is 5.32 Å². The molecule has 0 radical (unpaired) electrons. The van der Waals surface area contributed by atoms with Crippen LogP contribution in [0.1, 0.15) is 36.4 Å². The lowest BCUT2D eigenvalue weighted by molar-refractivity contribution is 0.377. The fraction of sp³-hybridized carbons (Fsp3) is 0.417. The van der Waals surface area contributed by atoms with E-state index in [0.29, 0.717) is 5.56 Å². The van der Waals surface area contributed by atoms with Crippen LogP contribution in [0.4, 0.5) is 4.39 Å². The molecule has 2 N–H and O–H groups in total. The minimum Gasteiger partial charge on any atom is -0.505 e. The third kappa shape index (κ3) is 2.00. The summed E-state index contributed by atoms with van der Waals surface area (Å²) in [6.45, 7) is 0.864. The van der Waals surface area contributed by atoms with Crippen LogP contribution in [0.2, 0.25) is 0 Å². The first-order valence-electron chi connectivity index (χ1n) is 5.38. The second kappa shape index (κ2) is 4.50. The van der Waals surface area contributed by atoms with Crippen LogP contribution < -0.4 is 5.32 Å². The molecule has 1 aromatic carbocycles. The molecule has 84 valence electrons. The zero-order valence-electron chi connectivity index (χ0n) is 8.83. The van der Waals surface area contributed by atoms with Crippen LogP contribution in [0.15, 0.2) is 12.1 Å². The van der Waals surface area contributed by atoms with Crippen molar-refractivity contribution in [3.8, 4) is 11.8 Å². The van der Waals surface area contributed by atoms with Crippen molar-refractivity contribution in [3.05, 3.63) is 29.1 Å². The molecule has 1 fully saturated rings. The average Bonchev–Trinajstić information content (AvgIpc) is 2.33. The SMILES string of the molecule is N#Cc1cc(F)c(O)c([C@@H]2CCCCN2)c1. The maximum atomic E-state index is 13.4. The lowest BCUT2D eigenvalue weighted by Crippen LogP contribution is -2.27. The molecule has 16 heavy (non-hydrogen) atoms. The summed E-state index contributed by atoms with van der Waals surface area (Å²) in [6.07, 6.45) is 3.01. The summed E-state index contributed by atoms with van der Waals surface area (Å²) in [6, 6.07) is 4.46. The van der Waals surface area contributed by atoms with E-state index in [1.54, 1.807) is 6.07 Å². The van der Waals surface area contributed by atoms with Gasteiger partial charge in [-0.3, -0.25) is 0 Å². The van der Waals surface area contributed by atoms with Gasteiger partial charge in [-0.25, -0.2) is 4.39 Å². The molecule has 2 rings (SSSR count). The fourth-order valence-electron chi connectivity index (χ4n) is 2.07. The standard InChI is InChI=1S/C12H13FN2O/c13-10-6-8(7-14)5-9(12(10)16)11-3-1-2-4-15-11/h5-6,11,15-16H,1-4H2/t11-/m0/s1. The molecule has 1 aliphatic rings. The van der Waals surface area contributed by atoms with Gasteiger partial charge in [-0.05, 0) is 31.5 Å². The zero-order valence-corrected chi connectivity index (χ0v) is 8.83. The van der Waals surface area contributed by atoms with E-state index in [-0.39, 0.29) is 17.4 Å². The number of hydrogen-bond acceptors (Lipinski definition) is 3. The molecule has 0 aliphatic carbocycles. The molecule has 0 spiro atoms. The van der Waals surface area contributed by atoms with Gasteiger partial charge in [0.1, 0.15) is 0 Å². The number of nitrogens with zero attached hydrogens (tertiary/aromatic N) is 1. The Hall–Kier alpha value is -1.60. The first-order chi connectivity index (χ1) is 7.72. The van der Waals surface area contributed by atoms with Gasteiger partial charge in [0.15, 0.2) is 11.6 Å². The van der Waals surface area contributed by atoms with Crippen LogP contribution in [-0.2, 0) is 0 Å². The molecule has 4 heteroatoms. The third-order valence-electron chi connectivity index (χ3n) is 2.91. The summed E-state index contributed by atoms with van der Waals surface area (Å²) in [5, 5.41) is 21.6. The Kier molecular flexibility index (Phi) is 3.07. The highest BCUT2D eigenvalue weighted by atomic mass is 19.1. The molecule has 0 aromatic heterocycles. The summed E-state index contributed by atoms with van der Waals surface area (Å²) in [4.78, 5) is 0. The normalized spacial score (nSPS) is 20.4. The van der Waals surface area contributed by atoms with Crippen molar-refractivity contribution in [1.29, 1.82) is 5.26 Å². The fourth-order valence-corrected chi connectivity index (χ4v) is 2.07. The summed E-state index contributed by atoms with van der Waals surface area (Å²) in [7, 11) is 0. The predicted molar refractivity (Wildman–Crippen MR) is 57.4 cm³/mol. The number of rotatable bonds is 1. The highest BCUT2D eigenvalue weighted by Gasteiger charge is 2.20. The molecule has 1 aliphatic heterocycles. The third-order valence-corrected chi connectivity index (χ3v) is 2.91. The number of hydrogen-bond donors (Lipinski definition) is 2. The first kappa shape index (κ1) is 10.9. The number of halogens is 1. The van der Waals surface area contributed by atoms with Crippen LogP contribution in [0.5, 0.6) is 5.75 Å². The second-order valence-corrected chi connectivity index (χ2v) is 4.01. The van der Waals surface area contributed by atoms with Gasteiger partial charge in [-0.2, -0.15) is 5.26 Å². The first-order valence-corrected chi connectivity index (χ1v) is 5.38. The lowest BCUT2D eigenvalue weighted by atomic mass is 9.95. The summed E-state index contributed by atoms with van der Waals surface area (Å²) < 4.78 is 13.4. The van der Waals surface area contributed by atoms with Gasteiger partial charge in [0.05, 0.1) is 11.6 Å². The van der Waals surface area contributed by atoms with E-state index >= 15 is 0 Å². The molecule has 3 nitrogen and oxygen atoms in total. The number of phenolic OH excluding ortho intramolecular Hbond substituents is 1. The van der Waals surface area contributed by atoms with Gasteiger partial charge < -0.3 is 10.4 Å².